The zero-order valence-corrected chi connectivity index (χ0v) is 11.2. The fraction of sp³-hybridized carbons (Fsp3) is 1.00. The van der Waals surface area contributed by atoms with E-state index < -0.39 is 10.0 Å². The molecule has 0 bridgehead atoms. The Kier molecular flexibility index (Phi) is 5.47. The molecule has 0 fully saturated rings. The Morgan fingerprint density at radius 1 is 1.21 bits per heavy atom. The first kappa shape index (κ1) is 14.3. The summed E-state index contributed by atoms with van der Waals surface area (Å²) in [4.78, 5) is 0. The molecule has 3 nitrogen and oxygen atoms in total. The summed E-state index contributed by atoms with van der Waals surface area (Å²) in [6.45, 7) is 5.68. The molecule has 0 aromatic rings. The molecule has 14 heavy (non-hydrogen) atoms. The molecular weight excluding hydrogens is 218 g/mol. The number of nitrogens with zero attached hydrogens (tertiary/aromatic N) is 1. The highest BCUT2D eigenvalue weighted by Crippen LogP contribution is 2.16. The van der Waals surface area contributed by atoms with Crippen molar-refractivity contribution in [2.45, 2.75) is 39.2 Å². The van der Waals surface area contributed by atoms with Crippen LogP contribution in [0.1, 0.15) is 33.6 Å². The molecule has 0 atom stereocenters. The van der Waals surface area contributed by atoms with E-state index in [0.717, 1.165) is 12.2 Å². The van der Waals surface area contributed by atoms with Gasteiger partial charge in [0.1, 0.15) is 0 Å². The number of hydrogen-bond acceptors (Lipinski definition) is 3. The van der Waals surface area contributed by atoms with Crippen LogP contribution in [0.4, 0.5) is 0 Å². The van der Waals surface area contributed by atoms with E-state index in [1.165, 1.54) is 4.31 Å². The predicted octanol–water partition coefficient (Wildman–Crippen LogP) is 1.76. The number of thiol groups is 1. The first-order chi connectivity index (χ1) is 6.22. The van der Waals surface area contributed by atoms with Crippen molar-refractivity contribution in [3.8, 4) is 0 Å². The van der Waals surface area contributed by atoms with Gasteiger partial charge in [-0.1, -0.05) is 0 Å². The molecule has 0 unspecified atom stereocenters. The van der Waals surface area contributed by atoms with Crippen molar-refractivity contribution in [3.05, 3.63) is 0 Å². The highest BCUT2D eigenvalue weighted by Gasteiger charge is 2.27. The maximum atomic E-state index is 11.8. The summed E-state index contributed by atoms with van der Waals surface area (Å²) < 4.78 is 24.9. The molecule has 0 saturated heterocycles. The minimum Gasteiger partial charge on any atom is -0.212 e. The Hall–Kier alpha value is 0.260. The Morgan fingerprint density at radius 2 is 1.71 bits per heavy atom. The third kappa shape index (κ3) is 4.66. The smallest absolute Gasteiger partial charge is 0.212 e. The van der Waals surface area contributed by atoms with Crippen molar-refractivity contribution in [1.29, 1.82) is 0 Å². The molecule has 0 radical (unpaired) electrons. The highest BCUT2D eigenvalue weighted by molar-refractivity contribution is 7.89. The van der Waals surface area contributed by atoms with Crippen molar-refractivity contribution in [1.82, 2.24) is 4.31 Å². The zero-order valence-electron chi connectivity index (χ0n) is 9.45. The minimum absolute atomic E-state index is 0.224. The fourth-order valence-corrected chi connectivity index (χ4v) is 2.85. The largest absolute Gasteiger partial charge is 0.214 e. The standard InChI is InChI=1S/C9H21NO2S2/c1-9(2,3)10(4)14(11,12)8-6-5-7-13/h13H,5-8H2,1-4H3. The number of sulfonamides is 1. The van der Waals surface area contributed by atoms with Crippen LogP contribution in [0, 0.1) is 0 Å². The lowest BCUT2D eigenvalue weighted by molar-refractivity contribution is 0.291. The molecule has 0 N–H and O–H groups in total. The molecule has 0 aliphatic heterocycles. The van der Waals surface area contributed by atoms with Crippen LogP contribution in [0.3, 0.4) is 0 Å². The average molecular weight is 239 g/mol. The van der Waals surface area contributed by atoms with Gasteiger partial charge in [0.15, 0.2) is 0 Å². The molecule has 0 aromatic heterocycles. The third-order valence-corrected chi connectivity index (χ3v) is 4.68. The first-order valence-corrected chi connectivity index (χ1v) is 7.03. The van der Waals surface area contributed by atoms with E-state index in [2.05, 4.69) is 12.6 Å². The minimum atomic E-state index is -3.09. The van der Waals surface area contributed by atoms with Crippen LogP contribution in [0.15, 0.2) is 0 Å². The quantitative estimate of drug-likeness (QED) is 0.586. The lowest BCUT2D eigenvalue weighted by Crippen LogP contribution is -2.43. The van der Waals surface area contributed by atoms with Crippen LogP contribution in [-0.2, 0) is 10.0 Å². The van der Waals surface area contributed by atoms with Crippen LogP contribution in [0.5, 0.6) is 0 Å². The summed E-state index contributed by atoms with van der Waals surface area (Å²) in [6.07, 6.45) is 1.53. The fourth-order valence-electron chi connectivity index (χ4n) is 0.950. The maximum Gasteiger partial charge on any atom is 0.214 e. The Bertz CT molecular complexity index is 254. The molecule has 0 amide bonds. The topological polar surface area (TPSA) is 37.4 Å². The Morgan fingerprint density at radius 3 is 2.07 bits per heavy atom. The van der Waals surface area contributed by atoms with Crippen LogP contribution < -0.4 is 0 Å². The van der Waals surface area contributed by atoms with Gasteiger partial charge >= 0.3 is 0 Å². The molecule has 0 saturated carbocycles. The summed E-state index contributed by atoms with van der Waals surface area (Å²) in [5, 5.41) is 0. The lowest BCUT2D eigenvalue weighted by atomic mass is 10.1. The number of unbranched alkanes of at least 4 members (excludes halogenated alkanes) is 1. The van der Waals surface area contributed by atoms with Crippen LogP contribution in [-0.4, -0.2) is 36.8 Å². The molecule has 0 aromatic carbocycles. The van der Waals surface area contributed by atoms with Gasteiger partial charge in [-0.2, -0.15) is 16.9 Å². The van der Waals surface area contributed by atoms with Gasteiger partial charge in [0, 0.05) is 12.6 Å². The van der Waals surface area contributed by atoms with E-state index in [-0.39, 0.29) is 11.3 Å². The monoisotopic (exact) mass is 239 g/mol. The van der Waals surface area contributed by atoms with Crippen molar-refractivity contribution < 1.29 is 8.42 Å². The van der Waals surface area contributed by atoms with E-state index in [1.807, 2.05) is 20.8 Å². The lowest BCUT2D eigenvalue weighted by Gasteiger charge is -2.30. The van der Waals surface area contributed by atoms with E-state index >= 15 is 0 Å². The molecule has 0 aliphatic rings. The van der Waals surface area contributed by atoms with Gasteiger partial charge in [0.05, 0.1) is 5.75 Å². The molecule has 5 heteroatoms. The van der Waals surface area contributed by atoms with Crippen molar-refractivity contribution in [2.24, 2.45) is 0 Å². The van der Waals surface area contributed by atoms with Gasteiger partial charge in [-0.05, 0) is 39.4 Å². The second-order valence-corrected chi connectivity index (χ2v) is 6.95. The summed E-state index contributed by atoms with van der Waals surface area (Å²) in [6, 6.07) is 0. The first-order valence-electron chi connectivity index (χ1n) is 4.79. The van der Waals surface area contributed by atoms with Crippen LogP contribution >= 0.6 is 12.6 Å². The van der Waals surface area contributed by atoms with Crippen LogP contribution in [0.25, 0.3) is 0 Å². The van der Waals surface area contributed by atoms with Crippen molar-refractivity contribution in [3.63, 3.8) is 0 Å². The molecule has 0 aliphatic carbocycles. The zero-order chi connectivity index (χ0) is 11.4. The number of rotatable bonds is 5. The SMILES string of the molecule is CN(C(C)(C)C)S(=O)(=O)CCCCS. The van der Waals surface area contributed by atoms with E-state index in [0.29, 0.717) is 6.42 Å². The van der Waals surface area contributed by atoms with E-state index in [9.17, 15) is 8.42 Å². The second-order valence-electron chi connectivity index (χ2n) is 4.39. The molecule has 0 rings (SSSR count). The van der Waals surface area contributed by atoms with E-state index in [1.54, 1.807) is 7.05 Å². The molecule has 86 valence electrons. The highest BCUT2D eigenvalue weighted by atomic mass is 32.2. The summed E-state index contributed by atoms with van der Waals surface area (Å²) >= 11 is 4.05. The van der Waals surface area contributed by atoms with Gasteiger partial charge < -0.3 is 0 Å². The van der Waals surface area contributed by atoms with E-state index in [4.69, 9.17) is 0 Å². The Labute approximate surface area is 93.3 Å². The van der Waals surface area contributed by atoms with Gasteiger partial charge in [-0.3, -0.25) is 0 Å². The third-order valence-electron chi connectivity index (χ3n) is 2.17. The van der Waals surface area contributed by atoms with Crippen molar-refractivity contribution >= 4 is 22.7 Å². The molecular formula is C9H21NO2S2. The normalized spacial score (nSPS) is 13.6. The number of hydrogen-bond donors (Lipinski definition) is 1. The van der Waals surface area contributed by atoms with Gasteiger partial charge in [-0.25, -0.2) is 8.42 Å². The average Bonchev–Trinajstić information content (AvgIpc) is 2.01. The second kappa shape index (κ2) is 5.37. The van der Waals surface area contributed by atoms with Gasteiger partial charge in [0.2, 0.25) is 10.0 Å². The molecule has 0 heterocycles. The molecule has 0 spiro atoms. The van der Waals surface area contributed by atoms with Crippen LogP contribution in [0.2, 0.25) is 0 Å². The maximum absolute atomic E-state index is 11.8. The summed E-state index contributed by atoms with van der Waals surface area (Å²) in [5.41, 5.74) is -0.334. The predicted molar refractivity (Wildman–Crippen MR) is 64.4 cm³/mol. The summed E-state index contributed by atoms with van der Waals surface area (Å²) in [7, 11) is -1.46. The van der Waals surface area contributed by atoms with Crippen molar-refractivity contribution in [2.75, 3.05) is 18.6 Å². The van der Waals surface area contributed by atoms with Gasteiger partial charge in [-0.15, -0.1) is 0 Å². The summed E-state index contributed by atoms with van der Waals surface area (Å²) in [5.74, 6) is 0.968. The van der Waals surface area contributed by atoms with Gasteiger partial charge in [0.25, 0.3) is 0 Å². The Balaban J connectivity index is 4.33.